The summed E-state index contributed by atoms with van der Waals surface area (Å²) in [5, 5.41) is 9.20. The van der Waals surface area contributed by atoms with Gasteiger partial charge in [-0.2, -0.15) is 0 Å². The number of hydrogen-bond acceptors (Lipinski definition) is 6. The molecule has 0 radical (unpaired) electrons. The van der Waals surface area contributed by atoms with Crippen LogP contribution in [0.4, 0.5) is 0 Å². The number of hydrogen-bond donors (Lipinski definition) is 1. The van der Waals surface area contributed by atoms with Crippen molar-refractivity contribution in [2.75, 3.05) is 0 Å². The SMILES string of the molecule is CC(=O)c1c(C)[nH]c(C(=O)[C@@H](C)Sc2nnc(-c3ccco3)n2C2CCCCC2)c1C. The first-order valence-corrected chi connectivity index (χ1v) is 11.7. The Hall–Kier alpha value is -2.61. The average Bonchev–Trinajstić information content (AvgIpc) is 3.47. The zero-order chi connectivity index (χ0) is 22.1. The van der Waals surface area contributed by atoms with Gasteiger partial charge < -0.3 is 9.40 Å². The third-order valence-corrected chi connectivity index (χ3v) is 7.09. The molecule has 3 aromatic heterocycles. The lowest BCUT2D eigenvalue weighted by molar-refractivity contribution is 0.0988. The Labute approximate surface area is 186 Å². The maximum Gasteiger partial charge on any atom is 0.200 e. The first-order valence-electron chi connectivity index (χ1n) is 10.8. The summed E-state index contributed by atoms with van der Waals surface area (Å²) in [6.45, 7) is 7.05. The first kappa shape index (κ1) is 21.6. The lowest BCUT2D eigenvalue weighted by atomic mass is 9.95. The van der Waals surface area contributed by atoms with Crippen molar-refractivity contribution >= 4 is 23.3 Å². The molecular formula is C23H28N4O3S. The second-order valence-electron chi connectivity index (χ2n) is 8.25. The molecule has 0 aliphatic heterocycles. The van der Waals surface area contributed by atoms with E-state index in [4.69, 9.17) is 4.42 Å². The fourth-order valence-electron chi connectivity index (χ4n) is 4.54. The Morgan fingerprint density at radius 1 is 1.23 bits per heavy atom. The number of carbonyl (C=O) groups excluding carboxylic acids is 2. The Morgan fingerprint density at radius 2 is 1.97 bits per heavy atom. The predicted octanol–water partition coefficient (Wildman–Crippen LogP) is 5.55. The zero-order valence-corrected chi connectivity index (χ0v) is 19.2. The number of furan rings is 1. The summed E-state index contributed by atoms with van der Waals surface area (Å²) >= 11 is 1.41. The van der Waals surface area contributed by atoms with Gasteiger partial charge in [0.05, 0.1) is 17.2 Å². The van der Waals surface area contributed by atoms with Crippen LogP contribution in [0.3, 0.4) is 0 Å². The number of thioether (sulfide) groups is 1. The van der Waals surface area contributed by atoms with E-state index in [9.17, 15) is 9.59 Å². The van der Waals surface area contributed by atoms with Crippen molar-refractivity contribution in [3.63, 3.8) is 0 Å². The van der Waals surface area contributed by atoms with Crippen molar-refractivity contribution in [1.29, 1.82) is 0 Å². The quantitative estimate of drug-likeness (QED) is 0.382. The topological polar surface area (TPSA) is 93.8 Å². The van der Waals surface area contributed by atoms with Crippen molar-refractivity contribution in [2.45, 2.75) is 76.2 Å². The molecule has 0 unspecified atom stereocenters. The molecule has 1 aliphatic carbocycles. The first-order chi connectivity index (χ1) is 14.9. The van der Waals surface area contributed by atoms with E-state index in [1.165, 1.54) is 37.9 Å². The van der Waals surface area contributed by atoms with Gasteiger partial charge >= 0.3 is 0 Å². The van der Waals surface area contributed by atoms with Crippen LogP contribution in [-0.2, 0) is 0 Å². The van der Waals surface area contributed by atoms with Crippen LogP contribution in [0.15, 0.2) is 28.0 Å². The number of carbonyl (C=O) groups is 2. The van der Waals surface area contributed by atoms with Crippen molar-refractivity contribution in [1.82, 2.24) is 19.7 Å². The predicted molar refractivity (Wildman–Crippen MR) is 120 cm³/mol. The van der Waals surface area contributed by atoms with Gasteiger partial charge in [0.25, 0.3) is 0 Å². The highest BCUT2D eigenvalue weighted by Crippen LogP contribution is 2.37. The molecule has 3 heterocycles. The summed E-state index contributed by atoms with van der Waals surface area (Å²) in [6, 6.07) is 4.03. The minimum Gasteiger partial charge on any atom is -0.461 e. The van der Waals surface area contributed by atoms with E-state index in [1.807, 2.05) is 32.9 Å². The van der Waals surface area contributed by atoms with Crippen molar-refractivity contribution in [2.24, 2.45) is 0 Å². The second-order valence-corrected chi connectivity index (χ2v) is 9.56. The number of nitrogens with one attached hydrogen (secondary N) is 1. The van der Waals surface area contributed by atoms with E-state index in [0.717, 1.165) is 23.7 Å². The van der Waals surface area contributed by atoms with Crippen LogP contribution in [0.1, 0.15) is 84.1 Å². The Bertz CT molecular complexity index is 1090. The number of H-pyrrole nitrogens is 1. The van der Waals surface area contributed by atoms with Crippen molar-refractivity contribution < 1.29 is 14.0 Å². The summed E-state index contributed by atoms with van der Waals surface area (Å²) in [5.41, 5.74) is 2.55. The third kappa shape index (κ3) is 4.13. The largest absolute Gasteiger partial charge is 0.461 e. The molecular weight excluding hydrogens is 412 g/mol. The summed E-state index contributed by atoms with van der Waals surface area (Å²) in [4.78, 5) is 28.3. The van der Waals surface area contributed by atoms with E-state index in [0.29, 0.717) is 34.4 Å². The third-order valence-electron chi connectivity index (χ3n) is 6.03. The molecule has 164 valence electrons. The molecule has 1 atom stereocenters. The number of Topliss-reactive ketones (excluding diaryl/α,β-unsaturated/α-hetero) is 2. The van der Waals surface area contributed by atoms with Crippen LogP contribution in [-0.4, -0.2) is 36.6 Å². The molecule has 3 aromatic rings. The van der Waals surface area contributed by atoms with Gasteiger partial charge in [-0.1, -0.05) is 31.0 Å². The van der Waals surface area contributed by atoms with Crippen molar-refractivity contribution in [3.8, 4) is 11.6 Å². The Morgan fingerprint density at radius 3 is 2.58 bits per heavy atom. The van der Waals surface area contributed by atoms with Gasteiger partial charge in [-0.3, -0.25) is 14.2 Å². The minimum absolute atomic E-state index is 0.0364. The Kier molecular flexibility index (Phi) is 6.18. The Balaban J connectivity index is 1.64. The standard InChI is InChI=1S/C23H28N4O3S/c1-13-19(15(3)28)14(2)24-20(13)21(29)16(4)31-23-26-25-22(18-11-8-12-30-18)27(23)17-9-6-5-7-10-17/h8,11-12,16-17,24H,5-7,9-10H2,1-4H3/t16-/m1/s1. The smallest absolute Gasteiger partial charge is 0.200 e. The molecule has 31 heavy (non-hydrogen) atoms. The molecule has 4 rings (SSSR count). The summed E-state index contributed by atoms with van der Waals surface area (Å²) in [5.74, 6) is 1.32. The van der Waals surface area contributed by atoms with Gasteiger partial charge in [-0.05, 0) is 58.2 Å². The van der Waals surface area contributed by atoms with E-state index in [-0.39, 0.29) is 16.8 Å². The fraction of sp³-hybridized carbons (Fsp3) is 0.478. The molecule has 1 fully saturated rings. The molecule has 8 heteroatoms. The van der Waals surface area contributed by atoms with Gasteiger partial charge in [0, 0.05) is 17.3 Å². The highest BCUT2D eigenvalue weighted by Gasteiger charge is 2.29. The fourth-order valence-corrected chi connectivity index (χ4v) is 5.52. The van der Waals surface area contributed by atoms with Gasteiger partial charge in [0.1, 0.15) is 0 Å². The molecule has 0 saturated heterocycles. The highest BCUT2D eigenvalue weighted by molar-refractivity contribution is 8.00. The average molecular weight is 441 g/mol. The van der Waals surface area contributed by atoms with E-state index < -0.39 is 0 Å². The van der Waals surface area contributed by atoms with E-state index in [2.05, 4.69) is 19.7 Å². The lowest BCUT2D eigenvalue weighted by Crippen LogP contribution is -2.19. The number of ketones is 2. The van der Waals surface area contributed by atoms with Gasteiger partial charge in [0.2, 0.25) is 5.82 Å². The monoisotopic (exact) mass is 440 g/mol. The number of aryl methyl sites for hydroxylation is 1. The summed E-state index contributed by atoms with van der Waals surface area (Å²) in [6.07, 6.45) is 7.37. The van der Waals surface area contributed by atoms with Crippen LogP contribution >= 0.6 is 11.8 Å². The minimum atomic E-state index is -0.382. The maximum atomic E-state index is 13.2. The molecule has 0 aromatic carbocycles. The maximum absolute atomic E-state index is 13.2. The molecule has 0 spiro atoms. The van der Waals surface area contributed by atoms with Crippen LogP contribution in [0.25, 0.3) is 11.6 Å². The highest BCUT2D eigenvalue weighted by atomic mass is 32.2. The number of nitrogens with zero attached hydrogens (tertiary/aromatic N) is 3. The number of aromatic nitrogens is 4. The van der Waals surface area contributed by atoms with Crippen LogP contribution in [0, 0.1) is 13.8 Å². The molecule has 1 N–H and O–H groups in total. The summed E-state index contributed by atoms with van der Waals surface area (Å²) in [7, 11) is 0. The normalized spacial score (nSPS) is 15.9. The molecule has 1 saturated carbocycles. The molecule has 7 nitrogen and oxygen atoms in total. The van der Waals surface area contributed by atoms with Gasteiger partial charge in [0.15, 0.2) is 22.5 Å². The van der Waals surface area contributed by atoms with Crippen LogP contribution in [0.2, 0.25) is 0 Å². The molecule has 1 aliphatic rings. The second kappa shape index (κ2) is 8.86. The lowest BCUT2D eigenvalue weighted by Gasteiger charge is -2.25. The van der Waals surface area contributed by atoms with Crippen molar-refractivity contribution in [3.05, 3.63) is 40.9 Å². The van der Waals surface area contributed by atoms with E-state index in [1.54, 1.807) is 6.26 Å². The number of aromatic amines is 1. The summed E-state index contributed by atoms with van der Waals surface area (Å²) < 4.78 is 7.76. The van der Waals surface area contributed by atoms with Crippen LogP contribution < -0.4 is 0 Å². The van der Waals surface area contributed by atoms with Gasteiger partial charge in [-0.25, -0.2) is 0 Å². The van der Waals surface area contributed by atoms with E-state index >= 15 is 0 Å². The molecule has 0 bridgehead atoms. The van der Waals surface area contributed by atoms with Gasteiger partial charge in [-0.15, -0.1) is 10.2 Å². The zero-order valence-electron chi connectivity index (χ0n) is 18.4. The number of rotatable bonds is 7. The molecule has 0 amide bonds. The van der Waals surface area contributed by atoms with Crippen LogP contribution in [0.5, 0.6) is 0 Å².